The van der Waals surface area contributed by atoms with Crippen LogP contribution in [0.25, 0.3) is 0 Å². The predicted molar refractivity (Wildman–Crippen MR) is 68.0 cm³/mol. The van der Waals surface area contributed by atoms with Gasteiger partial charge in [0.1, 0.15) is 6.26 Å². The largest absolute Gasteiger partial charge is 0.461 e. The molecule has 1 aromatic heterocycles. The summed E-state index contributed by atoms with van der Waals surface area (Å²) in [6.45, 7) is 2.84. The number of anilines is 1. The predicted octanol–water partition coefficient (Wildman–Crippen LogP) is 0.534. The molecule has 0 fully saturated rings. The monoisotopic (exact) mass is 270 g/mol. The van der Waals surface area contributed by atoms with E-state index >= 15 is 0 Å². The van der Waals surface area contributed by atoms with E-state index in [0.29, 0.717) is 13.1 Å². The molecule has 0 radical (unpaired) electrons. The Bertz CT molecular complexity index is 430. The molecule has 8 heteroatoms. The summed E-state index contributed by atoms with van der Waals surface area (Å²) in [5, 5.41) is 5.50. The van der Waals surface area contributed by atoms with E-state index in [9.17, 15) is 9.59 Å². The van der Waals surface area contributed by atoms with Gasteiger partial charge in [-0.3, -0.25) is 0 Å². The Labute approximate surface area is 111 Å². The highest BCUT2D eigenvalue weighted by Gasteiger charge is 2.12. The molecule has 2 N–H and O–H groups in total. The lowest BCUT2D eigenvalue weighted by molar-refractivity contribution is 0.0519. The second kappa shape index (κ2) is 7.24. The minimum atomic E-state index is -0.528. The van der Waals surface area contributed by atoms with Gasteiger partial charge in [0, 0.05) is 27.2 Å². The molecule has 0 saturated heterocycles. The van der Waals surface area contributed by atoms with Crippen molar-refractivity contribution in [2.45, 2.75) is 6.92 Å². The molecule has 0 spiro atoms. The number of rotatable bonds is 6. The fourth-order valence-electron chi connectivity index (χ4n) is 1.15. The van der Waals surface area contributed by atoms with Gasteiger partial charge in [-0.1, -0.05) is 0 Å². The van der Waals surface area contributed by atoms with Crippen LogP contribution in [0, 0.1) is 0 Å². The molecule has 1 aromatic rings. The van der Waals surface area contributed by atoms with Crippen molar-refractivity contribution in [3.63, 3.8) is 0 Å². The molecule has 2 amide bonds. The van der Waals surface area contributed by atoms with E-state index in [1.165, 1.54) is 11.2 Å². The van der Waals surface area contributed by atoms with E-state index in [4.69, 9.17) is 9.15 Å². The van der Waals surface area contributed by atoms with Crippen LogP contribution in [0.15, 0.2) is 10.7 Å². The standard InChI is InChI=1S/C11H18N4O4/c1-4-18-9(16)8-7-19-10(14-8)12-5-6-13-11(17)15(2)3/h7H,4-6H2,1-3H3,(H,12,14)(H,13,17). The van der Waals surface area contributed by atoms with Crippen molar-refractivity contribution < 1.29 is 18.7 Å². The van der Waals surface area contributed by atoms with E-state index in [1.54, 1.807) is 21.0 Å². The van der Waals surface area contributed by atoms with Gasteiger partial charge in [0.25, 0.3) is 6.01 Å². The lowest BCUT2D eigenvalue weighted by Gasteiger charge is -2.11. The minimum absolute atomic E-state index is 0.113. The van der Waals surface area contributed by atoms with E-state index in [0.717, 1.165) is 0 Å². The van der Waals surface area contributed by atoms with Crippen molar-refractivity contribution in [3.8, 4) is 0 Å². The minimum Gasteiger partial charge on any atom is -0.461 e. The van der Waals surface area contributed by atoms with Crippen molar-refractivity contribution in [3.05, 3.63) is 12.0 Å². The molecular formula is C11H18N4O4. The smallest absolute Gasteiger partial charge is 0.360 e. The van der Waals surface area contributed by atoms with Gasteiger partial charge in [-0.15, -0.1) is 0 Å². The number of amides is 2. The number of hydrogen-bond donors (Lipinski definition) is 2. The van der Waals surface area contributed by atoms with Gasteiger partial charge in [0.2, 0.25) is 0 Å². The van der Waals surface area contributed by atoms with Crippen molar-refractivity contribution in [2.75, 3.05) is 39.1 Å². The number of aromatic nitrogens is 1. The zero-order chi connectivity index (χ0) is 14.3. The van der Waals surface area contributed by atoms with Gasteiger partial charge in [-0.2, -0.15) is 4.98 Å². The van der Waals surface area contributed by atoms with Crippen LogP contribution in [-0.2, 0) is 4.74 Å². The summed E-state index contributed by atoms with van der Waals surface area (Å²) in [5.74, 6) is -0.528. The summed E-state index contributed by atoms with van der Waals surface area (Å²) in [5.41, 5.74) is 0.113. The zero-order valence-corrected chi connectivity index (χ0v) is 11.2. The average molecular weight is 270 g/mol. The van der Waals surface area contributed by atoms with Crippen molar-refractivity contribution >= 4 is 18.0 Å². The molecule has 8 nitrogen and oxygen atoms in total. The van der Waals surface area contributed by atoms with Crippen LogP contribution in [0.5, 0.6) is 0 Å². The first-order chi connectivity index (χ1) is 9.04. The lowest BCUT2D eigenvalue weighted by Crippen LogP contribution is -2.37. The van der Waals surface area contributed by atoms with Gasteiger partial charge < -0.3 is 24.7 Å². The first kappa shape index (κ1) is 14.8. The number of nitrogens with one attached hydrogen (secondary N) is 2. The lowest BCUT2D eigenvalue weighted by atomic mass is 10.5. The van der Waals surface area contributed by atoms with Gasteiger partial charge in [0.05, 0.1) is 6.61 Å². The van der Waals surface area contributed by atoms with Crippen LogP contribution >= 0.6 is 0 Å². The second-order valence-corrected chi connectivity index (χ2v) is 3.81. The van der Waals surface area contributed by atoms with Crippen molar-refractivity contribution in [1.82, 2.24) is 15.2 Å². The molecule has 19 heavy (non-hydrogen) atoms. The van der Waals surface area contributed by atoms with E-state index in [1.807, 2.05) is 0 Å². The maximum absolute atomic E-state index is 11.3. The van der Waals surface area contributed by atoms with E-state index in [-0.39, 0.29) is 24.3 Å². The van der Waals surface area contributed by atoms with Crippen LogP contribution in [0.2, 0.25) is 0 Å². The number of esters is 1. The number of ether oxygens (including phenoxy) is 1. The quantitative estimate of drug-likeness (QED) is 0.578. The Morgan fingerprint density at radius 3 is 2.79 bits per heavy atom. The highest BCUT2D eigenvalue weighted by molar-refractivity contribution is 5.87. The third kappa shape index (κ3) is 4.86. The molecule has 0 unspecified atom stereocenters. The molecular weight excluding hydrogens is 252 g/mol. The third-order valence-electron chi connectivity index (χ3n) is 2.07. The highest BCUT2D eigenvalue weighted by atomic mass is 16.5. The molecule has 0 atom stereocenters. The van der Waals surface area contributed by atoms with Crippen LogP contribution in [0.3, 0.4) is 0 Å². The Kier molecular flexibility index (Phi) is 5.65. The van der Waals surface area contributed by atoms with Crippen LogP contribution in [-0.4, -0.2) is 55.7 Å². The second-order valence-electron chi connectivity index (χ2n) is 3.81. The summed E-state index contributed by atoms with van der Waals surface area (Å²) in [4.78, 5) is 27.9. The first-order valence-electron chi connectivity index (χ1n) is 5.86. The summed E-state index contributed by atoms with van der Waals surface area (Å²) < 4.78 is 9.81. The normalized spacial score (nSPS) is 9.84. The first-order valence-corrected chi connectivity index (χ1v) is 5.86. The molecule has 1 rings (SSSR count). The van der Waals surface area contributed by atoms with Crippen LogP contribution in [0.4, 0.5) is 10.8 Å². The summed E-state index contributed by atoms with van der Waals surface area (Å²) in [7, 11) is 3.31. The molecule has 0 aliphatic heterocycles. The van der Waals surface area contributed by atoms with Crippen LogP contribution < -0.4 is 10.6 Å². The topological polar surface area (TPSA) is 96.7 Å². The number of carbonyl (C=O) groups is 2. The van der Waals surface area contributed by atoms with Crippen molar-refractivity contribution in [2.24, 2.45) is 0 Å². The van der Waals surface area contributed by atoms with Crippen molar-refractivity contribution in [1.29, 1.82) is 0 Å². The zero-order valence-electron chi connectivity index (χ0n) is 11.2. The summed E-state index contributed by atoms with van der Waals surface area (Å²) in [6.07, 6.45) is 1.22. The van der Waals surface area contributed by atoms with Gasteiger partial charge in [-0.05, 0) is 6.92 Å². The number of hydrogen-bond acceptors (Lipinski definition) is 6. The maximum Gasteiger partial charge on any atom is 0.360 e. The molecule has 0 aliphatic rings. The SMILES string of the molecule is CCOC(=O)c1coc(NCCNC(=O)N(C)C)n1. The number of oxazole rings is 1. The molecule has 106 valence electrons. The van der Waals surface area contributed by atoms with Gasteiger partial charge in [-0.25, -0.2) is 9.59 Å². The Morgan fingerprint density at radius 2 is 2.16 bits per heavy atom. The fraction of sp³-hybridized carbons (Fsp3) is 0.545. The summed E-state index contributed by atoms with van der Waals surface area (Å²) >= 11 is 0. The van der Waals surface area contributed by atoms with Crippen LogP contribution in [0.1, 0.15) is 17.4 Å². The maximum atomic E-state index is 11.3. The Morgan fingerprint density at radius 1 is 1.42 bits per heavy atom. The Hall–Kier alpha value is -2.25. The summed E-state index contributed by atoms with van der Waals surface area (Å²) in [6, 6.07) is 0.0311. The molecule has 0 saturated carbocycles. The van der Waals surface area contributed by atoms with Gasteiger partial charge >= 0.3 is 12.0 Å². The number of urea groups is 1. The van der Waals surface area contributed by atoms with E-state index < -0.39 is 5.97 Å². The molecule has 0 aliphatic carbocycles. The Balaban J connectivity index is 2.31. The highest BCUT2D eigenvalue weighted by Crippen LogP contribution is 2.07. The number of carbonyl (C=O) groups excluding carboxylic acids is 2. The van der Waals surface area contributed by atoms with E-state index in [2.05, 4.69) is 15.6 Å². The number of nitrogens with zero attached hydrogens (tertiary/aromatic N) is 2. The molecule has 0 aromatic carbocycles. The fourth-order valence-corrected chi connectivity index (χ4v) is 1.15. The molecule has 1 heterocycles. The third-order valence-corrected chi connectivity index (χ3v) is 2.07. The average Bonchev–Trinajstić information content (AvgIpc) is 2.83. The van der Waals surface area contributed by atoms with Gasteiger partial charge in [0.15, 0.2) is 5.69 Å². The molecule has 0 bridgehead atoms.